The van der Waals surface area contributed by atoms with Crippen LogP contribution in [-0.4, -0.2) is 53.1 Å². The van der Waals surface area contributed by atoms with Crippen LogP contribution in [0.2, 0.25) is 0 Å². The van der Waals surface area contributed by atoms with Gasteiger partial charge in [0.25, 0.3) is 0 Å². The average molecular weight is 253 g/mol. The van der Waals surface area contributed by atoms with Gasteiger partial charge in [0.15, 0.2) is 0 Å². The predicted molar refractivity (Wildman–Crippen MR) is 71.4 cm³/mol. The lowest BCUT2D eigenvalue weighted by molar-refractivity contribution is 0.118. The summed E-state index contributed by atoms with van der Waals surface area (Å²) in [6.45, 7) is 3.88. The van der Waals surface area contributed by atoms with Gasteiger partial charge in [-0.3, -0.25) is 4.90 Å². The maximum atomic E-state index is 10.0. The van der Waals surface area contributed by atoms with Crippen LogP contribution < -0.4 is 0 Å². The number of hydrogen-bond donors (Lipinski definition) is 3. The molecular formula is C14H23NO3. The third kappa shape index (κ3) is 5.14. The topological polar surface area (TPSA) is 63.9 Å². The van der Waals surface area contributed by atoms with Crippen molar-refractivity contribution in [2.75, 3.05) is 32.8 Å². The van der Waals surface area contributed by atoms with Crippen molar-refractivity contribution in [2.24, 2.45) is 0 Å². The Morgan fingerprint density at radius 3 is 2.06 bits per heavy atom. The van der Waals surface area contributed by atoms with Gasteiger partial charge >= 0.3 is 0 Å². The van der Waals surface area contributed by atoms with Crippen molar-refractivity contribution in [3.05, 3.63) is 35.4 Å². The molecule has 0 saturated heterocycles. The molecule has 0 aliphatic rings. The van der Waals surface area contributed by atoms with E-state index in [1.807, 2.05) is 36.1 Å². The van der Waals surface area contributed by atoms with Gasteiger partial charge in [-0.05, 0) is 18.9 Å². The van der Waals surface area contributed by atoms with Crippen LogP contribution in [0.4, 0.5) is 0 Å². The molecule has 0 heterocycles. The van der Waals surface area contributed by atoms with Gasteiger partial charge in [0, 0.05) is 19.6 Å². The molecule has 4 heteroatoms. The van der Waals surface area contributed by atoms with Crippen LogP contribution >= 0.6 is 0 Å². The van der Waals surface area contributed by atoms with Crippen molar-refractivity contribution >= 4 is 0 Å². The van der Waals surface area contributed by atoms with E-state index in [1.54, 1.807) is 0 Å². The second kappa shape index (κ2) is 8.21. The lowest BCUT2D eigenvalue weighted by Gasteiger charge is -2.21. The van der Waals surface area contributed by atoms with E-state index in [0.717, 1.165) is 5.56 Å². The SMILES string of the molecule is Cc1ccc(C(O)CCN(CCO)CCO)cc1. The summed E-state index contributed by atoms with van der Waals surface area (Å²) in [6, 6.07) is 7.83. The second-order valence-corrected chi connectivity index (χ2v) is 4.50. The molecular weight excluding hydrogens is 230 g/mol. The van der Waals surface area contributed by atoms with Gasteiger partial charge in [-0.25, -0.2) is 0 Å². The van der Waals surface area contributed by atoms with Crippen LogP contribution in [0.1, 0.15) is 23.7 Å². The fraction of sp³-hybridized carbons (Fsp3) is 0.571. The summed E-state index contributed by atoms with van der Waals surface area (Å²) < 4.78 is 0. The van der Waals surface area contributed by atoms with E-state index in [0.29, 0.717) is 26.1 Å². The van der Waals surface area contributed by atoms with E-state index in [2.05, 4.69) is 0 Å². The Balaban J connectivity index is 2.43. The summed E-state index contributed by atoms with van der Waals surface area (Å²) in [5.41, 5.74) is 2.08. The molecule has 0 bridgehead atoms. The highest BCUT2D eigenvalue weighted by molar-refractivity contribution is 5.22. The molecule has 0 aliphatic carbocycles. The van der Waals surface area contributed by atoms with E-state index in [9.17, 15) is 5.11 Å². The summed E-state index contributed by atoms with van der Waals surface area (Å²) in [5.74, 6) is 0. The fourth-order valence-electron chi connectivity index (χ4n) is 1.88. The number of benzene rings is 1. The van der Waals surface area contributed by atoms with Gasteiger partial charge < -0.3 is 15.3 Å². The second-order valence-electron chi connectivity index (χ2n) is 4.50. The molecule has 1 aromatic rings. The molecule has 0 fully saturated rings. The third-order valence-electron chi connectivity index (χ3n) is 3.01. The Kier molecular flexibility index (Phi) is 6.90. The van der Waals surface area contributed by atoms with Crippen LogP contribution in [0, 0.1) is 6.92 Å². The van der Waals surface area contributed by atoms with E-state index >= 15 is 0 Å². The van der Waals surface area contributed by atoms with Crippen molar-refractivity contribution < 1.29 is 15.3 Å². The lowest BCUT2D eigenvalue weighted by Crippen LogP contribution is -2.31. The molecule has 1 rings (SSSR count). The monoisotopic (exact) mass is 253 g/mol. The van der Waals surface area contributed by atoms with Crippen LogP contribution in [0.5, 0.6) is 0 Å². The Morgan fingerprint density at radius 2 is 1.56 bits per heavy atom. The zero-order valence-electron chi connectivity index (χ0n) is 10.9. The molecule has 0 saturated carbocycles. The van der Waals surface area contributed by atoms with Gasteiger partial charge in [-0.2, -0.15) is 0 Å². The standard InChI is InChI=1S/C14H23NO3/c1-12-2-4-13(5-3-12)14(18)6-7-15(8-10-16)9-11-17/h2-5,14,16-18H,6-11H2,1H3. The first-order valence-corrected chi connectivity index (χ1v) is 6.36. The van der Waals surface area contributed by atoms with E-state index in [4.69, 9.17) is 10.2 Å². The van der Waals surface area contributed by atoms with Crippen molar-refractivity contribution in [3.8, 4) is 0 Å². The molecule has 0 spiro atoms. The van der Waals surface area contributed by atoms with Crippen molar-refractivity contribution in [3.63, 3.8) is 0 Å². The highest BCUT2D eigenvalue weighted by Gasteiger charge is 2.10. The Bertz CT molecular complexity index is 320. The van der Waals surface area contributed by atoms with E-state index in [1.165, 1.54) is 5.56 Å². The van der Waals surface area contributed by atoms with E-state index < -0.39 is 6.10 Å². The number of hydrogen-bond acceptors (Lipinski definition) is 4. The highest BCUT2D eigenvalue weighted by Crippen LogP contribution is 2.17. The summed E-state index contributed by atoms with van der Waals surface area (Å²) >= 11 is 0. The first-order chi connectivity index (χ1) is 8.67. The minimum absolute atomic E-state index is 0.0701. The van der Waals surface area contributed by atoms with Gasteiger partial charge in [0.05, 0.1) is 19.3 Å². The summed E-state index contributed by atoms with van der Waals surface area (Å²) in [4.78, 5) is 1.94. The van der Waals surface area contributed by atoms with Crippen LogP contribution in [0.3, 0.4) is 0 Å². The summed E-state index contributed by atoms with van der Waals surface area (Å²) in [7, 11) is 0. The molecule has 18 heavy (non-hydrogen) atoms. The zero-order valence-corrected chi connectivity index (χ0v) is 10.9. The molecule has 0 amide bonds. The Hall–Kier alpha value is -0.940. The molecule has 3 N–H and O–H groups in total. The molecule has 0 aromatic heterocycles. The Labute approximate surface area is 108 Å². The fourth-order valence-corrected chi connectivity index (χ4v) is 1.88. The van der Waals surface area contributed by atoms with Gasteiger partial charge in [-0.15, -0.1) is 0 Å². The molecule has 102 valence electrons. The number of aliphatic hydroxyl groups is 3. The number of aryl methyl sites for hydroxylation is 1. The quantitative estimate of drug-likeness (QED) is 0.638. The normalized spacial score (nSPS) is 12.9. The predicted octanol–water partition coefficient (Wildman–Crippen LogP) is 0.705. The molecule has 0 radical (unpaired) electrons. The van der Waals surface area contributed by atoms with Gasteiger partial charge in [-0.1, -0.05) is 29.8 Å². The maximum Gasteiger partial charge on any atom is 0.0802 e. The van der Waals surface area contributed by atoms with Crippen LogP contribution in [0.25, 0.3) is 0 Å². The number of rotatable bonds is 8. The molecule has 1 aromatic carbocycles. The zero-order chi connectivity index (χ0) is 13.4. The van der Waals surface area contributed by atoms with E-state index in [-0.39, 0.29) is 13.2 Å². The summed E-state index contributed by atoms with van der Waals surface area (Å²) in [6.07, 6.45) is 0.105. The minimum Gasteiger partial charge on any atom is -0.395 e. The molecule has 0 aliphatic heterocycles. The first kappa shape index (κ1) is 15.1. The summed E-state index contributed by atoms with van der Waals surface area (Å²) in [5, 5.41) is 27.8. The minimum atomic E-state index is -0.495. The lowest BCUT2D eigenvalue weighted by atomic mass is 10.0. The average Bonchev–Trinajstić information content (AvgIpc) is 2.37. The number of aliphatic hydroxyl groups excluding tert-OH is 3. The molecule has 4 nitrogen and oxygen atoms in total. The van der Waals surface area contributed by atoms with Gasteiger partial charge in [0.2, 0.25) is 0 Å². The third-order valence-corrected chi connectivity index (χ3v) is 3.01. The van der Waals surface area contributed by atoms with Gasteiger partial charge in [0.1, 0.15) is 0 Å². The molecule has 1 unspecified atom stereocenters. The Morgan fingerprint density at radius 1 is 1.00 bits per heavy atom. The van der Waals surface area contributed by atoms with Crippen LogP contribution in [-0.2, 0) is 0 Å². The van der Waals surface area contributed by atoms with Crippen molar-refractivity contribution in [2.45, 2.75) is 19.4 Å². The largest absolute Gasteiger partial charge is 0.395 e. The van der Waals surface area contributed by atoms with Crippen molar-refractivity contribution in [1.29, 1.82) is 0 Å². The molecule has 1 atom stereocenters. The maximum absolute atomic E-state index is 10.0. The number of nitrogens with zero attached hydrogens (tertiary/aromatic N) is 1. The van der Waals surface area contributed by atoms with Crippen molar-refractivity contribution in [1.82, 2.24) is 4.90 Å². The highest BCUT2D eigenvalue weighted by atomic mass is 16.3. The first-order valence-electron chi connectivity index (χ1n) is 6.36. The van der Waals surface area contributed by atoms with Crippen LogP contribution in [0.15, 0.2) is 24.3 Å². The smallest absolute Gasteiger partial charge is 0.0802 e.